The summed E-state index contributed by atoms with van der Waals surface area (Å²) in [4.78, 5) is 12.1. The van der Waals surface area contributed by atoms with Crippen molar-refractivity contribution in [3.8, 4) is 0 Å². The molecule has 0 aliphatic heterocycles. The SMILES string of the molecule is CCC(COC)Nc1cnn(CC(C)C)c(=O)c1Br. The Morgan fingerprint density at radius 2 is 2.21 bits per heavy atom. The highest BCUT2D eigenvalue weighted by Gasteiger charge is 2.13. The van der Waals surface area contributed by atoms with E-state index in [0.717, 1.165) is 6.42 Å². The van der Waals surface area contributed by atoms with Gasteiger partial charge in [-0.15, -0.1) is 0 Å². The van der Waals surface area contributed by atoms with E-state index in [-0.39, 0.29) is 11.6 Å². The molecular formula is C13H22BrN3O2. The second-order valence-electron chi connectivity index (χ2n) is 4.96. The van der Waals surface area contributed by atoms with Crippen LogP contribution in [-0.4, -0.2) is 29.5 Å². The Balaban J connectivity index is 2.92. The Morgan fingerprint density at radius 1 is 1.53 bits per heavy atom. The van der Waals surface area contributed by atoms with E-state index in [9.17, 15) is 4.79 Å². The quantitative estimate of drug-likeness (QED) is 0.834. The van der Waals surface area contributed by atoms with Crippen molar-refractivity contribution in [1.82, 2.24) is 9.78 Å². The van der Waals surface area contributed by atoms with E-state index in [2.05, 4.69) is 47.1 Å². The Bertz CT molecular complexity index is 460. The van der Waals surface area contributed by atoms with Crippen LogP contribution in [0.1, 0.15) is 27.2 Å². The third-order valence-electron chi connectivity index (χ3n) is 2.74. The fraction of sp³-hybridized carbons (Fsp3) is 0.692. The summed E-state index contributed by atoms with van der Waals surface area (Å²) >= 11 is 3.35. The fourth-order valence-electron chi connectivity index (χ4n) is 1.72. The van der Waals surface area contributed by atoms with E-state index in [4.69, 9.17) is 4.74 Å². The predicted molar refractivity (Wildman–Crippen MR) is 80.6 cm³/mol. The van der Waals surface area contributed by atoms with Crippen molar-refractivity contribution in [2.45, 2.75) is 39.8 Å². The van der Waals surface area contributed by atoms with Gasteiger partial charge in [-0.05, 0) is 28.3 Å². The molecule has 1 atom stereocenters. The highest BCUT2D eigenvalue weighted by Crippen LogP contribution is 2.18. The monoisotopic (exact) mass is 331 g/mol. The average molecular weight is 332 g/mol. The lowest BCUT2D eigenvalue weighted by Gasteiger charge is -2.18. The van der Waals surface area contributed by atoms with Crippen LogP contribution in [0.5, 0.6) is 0 Å². The van der Waals surface area contributed by atoms with E-state index in [1.807, 2.05) is 0 Å². The molecule has 108 valence electrons. The maximum atomic E-state index is 12.1. The molecular weight excluding hydrogens is 310 g/mol. The van der Waals surface area contributed by atoms with Gasteiger partial charge in [0.1, 0.15) is 4.47 Å². The zero-order chi connectivity index (χ0) is 14.4. The molecule has 0 aliphatic rings. The minimum atomic E-state index is -0.106. The lowest BCUT2D eigenvalue weighted by Crippen LogP contribution is -2.29. The number of methoxy groups -OCH3 is 1. The Kier molecular flexibility index (Phi) is 6.51. The fourth-order valence-corrected chi connectivity index (χ4v) is 2.15. The Hall–Kier alpha value is -0.880. The average Bonchev–Trinajstić information content (AvgIpc) is 2.37. The highest BCUT2D eigenvalue weighted by atomic mass is 79.9. The number of ether oxygens (including phenoxy) is 1. The maximum Gasteiger partial charge on any atom is 0.283 e. The van der Waals surface area contributed by atoms with Crippen LogP contribution < -0.4 is 10.9 Å². The third-order valence-corrected chi connectivity index (χ3v) is 3.51. The first-order valence-electron chi connectivity index (χ1n) is 6.50. The summed E-state index contributed by atoms with van der Waals surface area (Å²) in [5.74, 6) is 0.382. The molecule has 0 radical (unpaired) electrons. The summed E-state index contributed by atoms with van der Waals surface area (Å²) < 4.78 is 7.14. The molecule has 5 nitrogen and oxygen atoms in total. The molecule has 0 bridgehead atoms. The summed E-state index contributed by atoms with van der Waals surface area (Å²) in [5, 5.41) is 7.47. The van der Waals surface area contributed by atoms with Crippen molar-refractivity contribution in [3.63, 3.8) is 0 Å². The molecule has 0 amide bonds. The number of hydrogen-bond acceptors (Lipinski definition) is 4. The minimum Gasteiger partial charge on any atom is -0.383 e. The van der Waals surface area contributed by atoms with E-state index in [1.165, 1.54) is 4.68 Å². The first-order chi connectivity index (χ1) is 8.99. The zero-order valence-corrected chi connectivity index (χ0v) is 13.5. The molecule has 1 aromatic heterocycles. The lowest BCUT2D eigenvalue weighted by molar-refractivity contribution is 0.184. The van der Waals surface area contributed by atoms with Crippen molar-refractivity contribution in [2.75, 3.05) is 19.0 Å². The molecule has 1 rings (SSSR count). The second kappa shape index (κ2) is 7.65. The van der Waals surface area contributed by atoms with Gasteiger partial charge in [0.05, 0.1) is 18.5 Å². The highest BCUT2D eigenvalue weighted by molar-refractivity contribution is 9.10. The van der Waals surface area contributed by atoms with Gasteiger partial charge >= 0.3 is 0 Å². The van der Waals surface area contributed by atoms with Crippen LogP contribution in [0, 0.1) is 5.92 Å². The summed E-state index contributed by atoms with van der Waals surface area (Å²) in [5.41, 5.74) is 0.611. The van der Waals surface area contributed by atoms with Crippen molar-refractivity contribution in [1.29, 1.82) is 0 Å². The van der Waals surface area contributed by atoms with Gasteiger partial charge in [-0.1, -0.05) is 20.8 Å². The summed E-state index contributed by atoms with van der Waals surface area (Å²) in [6.07, 6.45) is 2.60. The van der Waals surface area contributed by atoms with Gasteiger partial charge in [-0.25, -0.2) is 4.68 Å². The minimum absolute atomic E-state index is 0.106. The van der Waals surface area contributed by atoms with E-state index >= 15 is 0 Å². The lowest BCUT2D eigenvalue weighted by atomic mass is 10.2. The Morgan fingerprint density at radius 3 is 2.74 bits per heavy atom. The molecule has 0 saturated carbocycles. The van der Waals surface area contributed by atoms with Crippen LogP contribution in [0.15, 0.2) is 15.5 Å². The van der Waals surface area contributed by atoms with Crippen LogP contribution >= 0.6 is 15.9 Å². The van der Waals surface area contributed by atoms with Crippen molar-refractivity contribution in [2.24, 2.45) is 5.92 Å². The first-order valence-corrected chi connectivity index (χ1v) is 7.29. The van der Waals surface area contributed by atoms with Crippen LogP contribution in [0.3, 0.4) is 0 Å². The zero-order valence-electron chi connectivity index (χ0n) is 11.9. The topological polar surface area (TPSA) is 56.1 Å². The summed E-state index contributed by atoms with van der Waals surface area (Å²) in [6.45, 7) is 7.39. The smallest absolute Gasteiger partial charge is 0.283 e. The number of aromatic nitrogens is 2. The molecule has 1 N–H and O–H groups in total. The van der Waals surface area contributed by atoms with E-state index < -0.39 is 0 Å². The summed E-state index contributed by atoms with van der Waals surface area (Å²) in [7, 11) is 1.66. The molecule has 0 aromatic carbocycles. The maximum absolute atomic E-state index is 12.1. The van der Waals surface area contributed by atoms with Crippen LogP contribution in [0.25, 0.3) is 0 Å². The molecule has 0 fully saturated rings. The van der Waals surface area contributed by atoms with Gasteiger partial charge in [-0.3, -0.25) is 4.79 Å². The Labute approximate surface area is 122 Å². The largest absolute Gasteiger partial charge is 0.383 e. The van der Waals surface area contributed by atoms with Gasteiger partial charge in [0.25, 0.3) is 5.56 Å². The molecule has 0 aliphatic carbocycles. The normalized spacial score (nSPS) is 12.7. The number of halogens is 1. The molecule has 1 aromatic rings. The molecule has 0 spiro atoms. The number of anilines is 1. The molecule has 0 saturated heterocycles. The van der Waals surface area contributed by atoms with Crippen molar-refractivity contribution in [3.05, 3.63) is 21.0 Å². The van der Waals surface area contributed by atoms with Gasteiger partial charge < -0.3 is 10.1 Å². The molecule has 19 heavy (non-hydrogen) atoms. The number of rotatable bonds is 7. The number of nitrogens with one attached hydrogen (secondary N) is 1. The van der Waals surface area contributed by atoms with Crippen LogP contribution in [0.2, 0.25) is 0 Å². The van der Waals surface area contributed by atoms with E-state index in [0.29, 0.717) is 29.2 Å². The van der Waals surface area contributed by atoms with Gasteiger partial charge in [-0.2, -0.15) is 5.10 Å². The van der Waals surface area contributed by atoms with Gasteiger partial charge in [0.2, 0.25) is 0 Å². The van der Waals surface area contributed by atoms with Crippen molar-refractivity contribution >= 4 is 21.6 Å². The molecule has 6 heteroatoms. The number of hydrogen-bond donors (Lipinski definition) is 1. The standard InChI is InChI=1S/C13H22BrN3O2/c1-5-10(8-19-4)16-11-6-15-17(7-9(2)3)13(18)12(11)14/h6,9-10,16H,5,7-8H2,1-4H3. The van der Waals surface area contributed by atoms with Gasteiger partial charge in [0, 0.05) is 19.7 Å². The number of nitrogens with zero attached hydrogens (tertiary/aromatic N) is 2. The second-order valence-corrected chi connectivity index (χ2v) is 5.75. The predicted octanol–water partition coefficient (Wildman–Crippen LogP) is 2.50. The van der Waals surface area contributed by atoms with E-state index in [1.54, 1.807) is 13.3 Å². The van der Waals surface area contributed by atoms with Crippen molar-refractivity contribution < 1.29 is 4.74 Å². The first kappa shape index (κ1) is 16.2. The molecule has 1 heterocycles. The molecule has 1 unspecified atom stereocenters. The summed E-state index contributed by atoms with van der Waals surface area (Å²) in [6, 6.07) is 0.170. The third kappa shape index (κ3) is 4.62. The van der Waals surface area contributed by atoms with Crippen LogP contribution in [-0.2, 0) is 11.3 Å². The van der Waals surface area contributed by atoms with Gasteiger partial charge in [0.15, 0.2) is 0 Å². The van der Waals surface area contributed by atoms with Crippen LogP contribution in [0.4, 0.5) is 5.69 Å².